The van der Waals surface area contributed by atoms with Crippen LogP contribution in [0, 0.1) is 17.2 Å². The third-order valence-corrected chi connectivity index (χ3v) is 2.21. The highest BCUT2D eigenvalue weighted by atomic mass is 16.3. The highest BCUT2D eigenvalue weighted by Gasteiger charge is 2.06. The zero-order valence-electron chi connectivity index (χ0n) is 8.58. The summed E-state index contributed by atoms with van der Waals surface area (Å²) in [7, 11) is 0. The second-order valence-electron chi connectivity index (χ2n) is 3.49. The predicted molar refractivity (Wildman–Crippen MR) is 53.2 cm³/mol. The zero-order valence-corrected chi connectivity index (χ0v) is 8.58. The maximum Gasteiger partial charge on any atom is 0.0638 e. The van der Waals surface area contributed by atoms with E-state index in [-0.39, 0.29) is 6.61 Å². The molecule has 0 aromatic rings. The first kappa shape index (κ1) is 12.4. The topological polar surface area (TPSA) is 56.0 Å². The number of aliphatic hydroxyl groups excluding tert-OH is 1. The van der Waals surface area contributed by atoms with Crippen LogP contribution in [0.5, 0.6) is 0 Å². The summed E-state index contributed by atoms with van der Waals surface area (Å²) < 4.78 is 0. The van der Waals surface area contributed by atoms with Crippen molar-refractivity contribution in [1.29, 1.82) is 5.26 Å². The van der Waals surface area contributed by atoms with E-state index < -0.39 is 0 Å². The molecule has 0 saturated heterocycles. The van der Waals surface area contributed by atoms with Crippen molar-refractivity contribution < 1.29 is 5.11 Å². The molecule has 0 aliphatic rings. The van der Waals surface area contributed by atoms with Crippen molar-refractivity contribution in [3.8, 4) is 6.07 Å². The van der Waals surface area contributed by atoms with Gasteiger partial charge in [0.1, 0.15) is 0 Å². The molecule has 2 atom stereocenters. The zero-order chi connectivity index (χ0) is 10.1. The molecule has 0 radical (unpaired) electrons. The number of nitrogens with one attached hydrogen (secondary N) is 1. The Labute approximate surface area is 80.8 Å². The third kappa shape index (κ3) is 6.56. The van der Waals surface area contributed by atoms with E-state index >= 15 is 0 Å². The molecule has 76 valence electrons. The summed E-state index contributed by atoms with van der Waals surface area (Å²) in [5.41, 5.74) is 0. The normalized spacial score (nSPS) is 14.9. The molecule has 0 fully saturated rings. The van der Waals surface area contributed by atoms with E-state index in [1.165, 1.54) is 0 Å². The molecule has 0 aromatic heterocycles. The van der Waals surface area contributed by atoms with E-state index in [9.17, 15) is 0 Å². The van der Waals surface area contributed by atoms with Crippen molar-refractivity contribution in [3.63, 3.8) is 0 Å². The van der Waals surface area contributed by atoms with Crippen LogP contribution in [0.4, 0.5) is 0 Å². The molecule has 0 aliphatic carbocycles. The lowest BCUT2D eigenvalue weighted by Crippen LogP contribution is -2.32. The van der Waals surface area contributed by atoms with Gasteiger partial charge in [-0.1, -0.05) is 13.8 Å². The van der Waals surface area contributed by atoms with Gasteiger partial charge in [0, 0.05) is 12.6 Å². The van der Waals surface area contributed by atoms with Crippen LogP contribution < -0.4 is 5.32 Å². The second kappa shape index (κ2) is 8.03. The summed E-state index contributed by atoms with van der Waals surface area (Å²) in [4.78, 5) is 0. The maximum absolute atomic E-state index is 8.68. The van der Waals surface area contributed by atoms with Crippen molar-refractivity contribution in [2.45, 2.75) is 39.2 Å². The Morgan fingerprint density at radius 3 is 2.69 bits per heavy atom. The Morgan fingerprint density at radius 2 is 2.23 bits per heavy atom. The molecule has 0 heterocycles. The van der Waals surface area contributed by atoms with Gasteiger partial charge in [0.15, 0.2) is 0 Å². The molecule has 2 N–H and O–H groups in total. The molecule has 0 amide bonds. The van der Waals surface area contributed by atoms with E-state index in [4.69, 9.17) is 10.4 Å². The predicted octanol–water partition coefficient (Wildman–Crippen LogP) is 1.29. The Bertz CT molecular complexity index is 153. The van der Waals surface area contributed by atoms with Crippen LogP contribution in [0.3, 0.4) is 0 Å². The van der Waals surface area contributed by atoms with Gasteiger partial charge in [0.2, 0.25) is 0 Å². The van der Waals surface area contributed by atoms with E-state index in [1.54, 1.807) is 0 Å². The Morgan fingerprint density at radius 1 is 1.54 bits per heavy atom. The maximum atomic E-state index is 8.68. The standard InChI is InChI=1S/C10H20N2O/c1-3-10(4-6-11)12-8-9(2)5-7-13/h9-10,12-13H,3-5,7-8H2,1-2H3. The van der Waals surface area contributed by atoms with Crippen LogP contribution in [-0.2, 0) is 0 Å². The summed E-state index contributed by atoms with van der Waals surface area (Å²) in [6.07, 6.45) is 2.39. The van der Waals surface area contributed by atoms with Crippen molar-refractivity contribution in [1.82, 2.24) is 5.32 Å². The summed E-state index contributed by atoms with van der Waals surface area (Å²) >= 11 is 0. The van der Waals surface area contributed by atoms with Gasteiger partial charge in [0.25, 0.3) is 0 Å². The van der Waals surface area contributed by atoms with E-state index in [2.05, 4.69) is 25.2 Å². The van der Waals surface area contributed by atoms with Gasteiger partial charge in [0.05, 0.1) is 12.5 Å². The molecule has 0 rings (SSSR count). The number of aliphatic hydroxyl groups is 1. The van der Waals surface area contributed by atoms with Crippen LogP contribution in [0.2, 0.25) is 0 Å². The van der Waals surface area contributed by atoms with E-state index in [0.29, 0.717) is 18.4 Å². The molecule has 3 nitrogen and oxygen atoms in total. The number of nitrogens with zero attached hydrogens (tertiary/aromatic N) is 1. The summed E-state index contributed by atoms with van der Waals surface area (Å²) in [6, 6.07) is 2.47. The van der Waals surface area contributed by atoms with Crippen LogP contribution >= 0.6 is 0 Å². The lowest BCUT2D eigenvalue weighted by Gasteiger charge is -2.16. The van der Waals surface area contributed by atoms with Gasteiger partial charge < -0.3 is 10.4 Å². The van der Waals surface area contributed by atoms with Gasteiger partial charge >= 0.3 is 0 Å². The smallest absolute Gasteiger partial charge is 0.0638 e. The van der Waals surface area contributed by atoms with Crippen molar-refractivity contribution >= 4 is 0 Å². The quantitative estimate of drug-likeness (QED) is 0.627. The number of nitriles is 1. The average Bonchev–Trinajstić information content (AvgIpc) is 2.12. The van der Waals surface area contributed by atoms with Gasteiger partial charge in [-0.3, -0.25) is 0 Å². The first-order chi connectivity index (χ1) is 6.24. The summed E-state index contributed by atoms with van der Waals surface area (Å²) in [6.45, 7) is 5.31. The molecule has 0 saturated carbocycles. The SMILES string of the molecule is CCC(CC#N)NCC(C)CCO. The molecular weight excluding hydrogens is 164 g/mol. The monoisotopic (exact) mass is 184 g/mol. The highest BCUT2D eigenvalue weighted by Crippen LogP contribution is 2.01. The molecular formula is C10H20N2O. The molecule has 3 heteroatoms. The fourth-order valence-electron chi connectivity index (χ4n) is 1.16. The van der Waals surface area contributed by atoms with Crippen LogP contribution in [0.1, 0.15) is 33.1 Å². The van der Waals surface area contributed by atoms with Crippen LogP contribution in [0.15, 0.2) is 0 Å². The van der Waals surface area contributed by atoms with Gasteiger partial charge in [-0.15, -0.1) is 0 Å². The lowest BCUT2D eigenvalue weighted by molar-refractivity contribution is 0.257. The molecule has 2 unspecified atom stereocenters. The minimum Gasteiger partial charge on any atom is -0.396 e. The fourth-order valence-corrected chi connectivity index (χ4v) is 1.16. The van der Waals surface area contributed by atoms with Gasteiger partial charge in [-0.2, -0.15) is 5.26 Å². The summed E-state index contributed by atoms with van der Waals surface area (Å²) in [5, 5.41) is 20.5. The van der Waals surface area contributed by atoms with E-state index in [1.807, 2.05) is 0 Å². The van der Waals surface area contributed by atoms with Crippen LogP contribution in [0.25, 0.3) is 0 Å². The molecule has 0 spiro atoms. The number of rotatable bonds is 7. The number of hydrogen-bond donors (Lipinski definition) is 2. The van der Waals surface area contributed by atoms with Crippen LogP contribution in [-0.4, -0.2) is 24.3 Å². The number of hydrogen-bond acceptors (Lipinski definition) is 3. The Balaban J connectivity index is 3.53. The fraction of sp³-hybridized carbons (Fsp3) is 0.900. The van der Waals surface area contributed by atoms with Crippen molar-refractivity contribution in [3.05, 3.63) is 0 Å². The van der Waals surface area contributed by atoms with Crippen molar-refractivity contribution in [2.75, 3.05) is 13.2 Å². The molecule has 0 bridgehead atoms. The molecule has 13 heavy (non-hydrogen) atoms. The Kier molecular flexibility index (Phi) is 7.66. The molecule has 0 aromatic carbocycles. The lowest BCUT2D eigenvalue weighted by atomic mass is 10.1. The van der Waals surface area contributed by atoms with E-state index in [0.717, 1.165) is 19.4 Å². The van der Waals surface area contributed by atoms with Crippen molar-refractivity contribution in [2.24, 2.45) is 5.92 Å². The average molecular weight is 184 g/mol. The first-order valence-corrected chi connectivity index (χ1v) is 4.95. The third-order valence-electron chi connectivity index (χ3n) is 2.21. The first-order valence-electron chi connectivity index (χ1n) is 4.95. The minimum atomic E-state index is 0.248. The highest BCUT2D eigenvalue weighted by molar-refractivity contribution is 4.79. The van der Waals surface area contributed by atoms with Gasteiger partial charge in [-0.25, -0.2) is 0 Å². The minimum absolute atomic E-state index is 0.248. The Hall–Kier alpha value is -0.590. The summed E-state index contributed by atoms with van der Waals surface area (Å²) in [5.74, 6) is 0.484. The molecule has 0 aliphatic heterocycles. The second-order valence-corrected chi connectivity index (χ2v) is 3.49. The largest absolute Gasteiger partial charge is 0.396 e. The van der Waals surface area contributed by atoms with Gasteiger partial charge in [-0.05, 0) is 25.3 Å².